The summed E-state index contributed by atoms with van der Waals surface area (Å²) in [7, 11) is 2.91. The molecule has 1 aromatic rings. The highest BCUT2D eigenvalue weighted by Gasteiger charge is 1.95. The number of nitrogens with zero attached hydrogens (tertiary/aromatic N) is 2. The Bertz CT molecular complexity index is 459. The summed E-state index contributed by atoms with van der Waals surface area (Å²) in [6.07, 6.45) is 0.841. The van der Waals surface area contributed by atoms with Crippen molar-refractivity contribution >= 4 is 42.4 Å². The molecule has 0 aliphatic heterocycles. The zero-order chi connectivity index (χ0) is 14.2. The van der Waals surface area contributed by atoms with E-state index in [1.165, 1.54) is 25.0 Å². The first-order valence-electron chi connectivity index (χ1n) is 5.00. The standard InChI is InChI=1S/C7H10N2OS.C2H7O2PS2/c1-2-6-3-4-7(10)9(5-11)8-6;1-3-5(6,7)4-2/h3-4,11H,2,5H2,1H3;1-2H3,(H,6,7)/p-1. The summed E-state index contributed by atoms with van der Waals surface area (Å²) >= 11 is 13.2. The van der Waals surface area contributed by atoms with Gasteiger partial charge in [0.1, 0.15) is 0 Å². The molecule has 0 bridgehead atoms. The summed E-state index contributed by atoms with van der Waals surface area (Å²) < 4.78 is 10.5. The van der Waals surface area contributed by atoms with Crippen LogP contribution < -0.4 is 5.56 Å². The largest absolute Gasteiger partial charge is 0.691 e. The zero-order valence-electron chi connectivity index (χ0n) is 10.4. The van der Waals surface area contributed by atoms with Crippen molar-refractivity contribution in [3.8, 4) is 0 Å². The molecular formula is C9H16N2O3PS3-. The van der Waals surface area contributed by atoms with Crippen molar-refractivity contribution in [2.24, 2.45) is 0 Å². The van der Waals surface area contributed by atoms with E-state index in [2.05, 4.69) is 50.8 Å². The molecule has 0 amide bonds. The Labute approximate surface area is 123 Å². The lowest BCUT2D eigenvalue weighted by atomic mass is 10.3. The Morgan fingerprint density at radius 2 is 2.06 bits per heavy atom. The molecule has 0 saturated carbocycles. The van der Waals surface area contributed by atoms with Crippen molar-refractivity contribution in [2.45, 2.75) is 19.2 Å². The molecule has 1 rings (SSSR count). The minimum Gasteiger partial charge on any atom is -0.691 e. The molecule has 0 fully saturated rings. The van der Waals surface area contributed by atoms with Gasteiger partial charge in [-0.3, -0.25) is 4.79 Å². The third-order valence-corrected chi connectivity index (χ3v) is 4.82. The van der Waals surface area contributed by atoms with Gasteiger partial charge in [-0.25, -0.2) is 4.68 Å². The van der Waals surface area contributed by atoms with E-state index in [4.69, 9.17) is 0 Å². The molecule has 18 heavy (non-hydrogen) atoms. The average molecular weight is 327 g/mol. The molecule has 0 atom stereocenters. The van der Waals surface area contributed by atoms with E-state index in [1.807, 2.05) is 6.92 Å². The first-order valence-corrected chi connectivity index (χ1v) is 9.29. The van der Waals surface area contributed by atoms with Crippen LogP contribution in [0.5, 0.6) is 0 Å². The predicted molar refractivity (Wildman–Crippen MR) is 82.5 cm³/mol. The lowest BCUT2D eigenvalue weighted by molar-refractivity contribution is 0.354. The Hall–Kier alpha value is 0.150. The fourth-order valence-corrected chi connectivity index (χ4v) is 1.21. The van der Waals surface area contributed by atoms with Gasteiger partial charge in [0, 0.05) is 20.3 Å². The third kappa shape index (κ3) is 6.92. The molecule has 0 aliphatic carbocycles. The van der Waals surface area contributed by atoms with Crippen molar-refractivity contribution < 1.29 is 9.05 Å². The zero-order valence-corrected chi connectivity index (χ0v) is 13.8. The third-order valence-electron chi connectivity index (χ3n) is 1.87. The summed E-state index contributed by atoms with van der Waals surface area (Å²) in [5.74, 6) is 0.340. The van der Waals surface area contributed by atoms with Crippen molar-refractivity contribution in [2.75, 3.05) is 14.2 Å². The molecule has 1 heterocycles. The first-order chi connectivity index (χ1) is 8.40. The van der Waals surface area contributed by atoms with Crippen LogP contribution in [-0.2, 0) is 45.4 Å². The van der Waals surface area contributed by atoms with Crippen LogP contribution in [-0.4, -0.2) is 24.0 Å². The second kappa shape index (κ2) is 9.12. The van der Waals surface area contributed by atoms with Gasteiger partial charge in [-0.15, -0.1) is 0 Å². The van der Waals surface area contributed by atoms with E-state index >= 15 is 0 Å². The van der Waals surface area contributed by atoms with Crippen LogP contribution in [0.3, 0.4) is 0 Å². The topological polar surface area (TPSA) is 53.4 Å². The molecular weight excluding hydrogens is 311 g/mol. The molecule has 5 nitrogen and oxygen atoms in total. The fraction of sp³-hybridized carbons (Fsp3) is 0.556. The van der Waals surface area contributed by atoms with Gasteiger partial charge in [-0.05, 0) is 12.5 Å². The normalized spacial score (nSPS) is 10.7. The first kappa shape index (κ1) is 18.1. The Morgan fingerprint density at radius 1 is 1.50 bits per heavy atom. The van der Waals surface area contributed by atoms with E-state index in [0.29, 0.717) is 5.88 Å². The average Bonchev–Trinajstić information content (AvgIpc) is 2.40. The summed E-state index contributed by atoms with van der Waals surface area (Å²) in [6.45, 7) is 2.00. The molecule has 0 unspecified atom stereocenters. The van der Waals surface area contributed by atoms with Gasteiger partial charge < -0.3 is 21.3 Å². The summed E-state index contributed by atoms with van der Waals surface area (Å²) in [5, 5.41) is 4.04. The minimum absolute atomic E-state index is 0.0998. The van der Waals surface area contributed by atoms with E-state index in [0.717, 1.165) is 12.1 Å². The maximum Gasteiger partial charge on any atom is 0.267 e. The van der Waals surface area contributed by atoms with Gasteiger partial charge in [0.15, 0.2) is 0 Å². The van der Waals surface area contributed by atoms with Crippen LogP contribution in [0, 0.1) is 0 Å². The smallest absolute Gasteiger partial charge is 0.267 e. The van der Waals surface area contributed by atoms with Gasteiger partial charge >= 0.3 is 0 Å². The molecule has 1 aromatic heterocycles. The second-order valence-electron chi connectivity index (χ2n) is 2.97. The molecule has 104 valence electrons. The number of aryl methyl sites for hydroxylation is 1. The van der Waals surface area contributed by atoms with Gasteiger partial charge in [0.25, 0.3) is 5.56 Å². The molecule has 0 saturated heterocycles. The van der Waals surface area contributed by atoms with E-state index < -0.39 is 5.69 Å². The maximum atomic E-state index is 11.0. The summed E-state index contributed by atoms with van der Waals surface area (Å²) in [5.41, 5.74) is -1.42. The monoisotopic (exact) mass is 327 g/mol. The predicted octanol–water partition coefficient (Wildman–Crippen LogP) is 1.74. The lowest BCUT2D eigenvalue weighted by Gasteiger charge is -2.22. The van der Waals surface area contributed by atoms with Crippen molar-refractivity contribution in [1.29, 1.82) is 0 Å². The molecule has 0 N–H and O–H groups in total. The van der Waals surface area contributed by atoms with Gasteiger partial charge in [0.05, 0.1) is 17.3 Å². The second-order valence-corrected chi connectivity index (χ2v) is 8.46. The van der Waals surface area contributed by atoms with Crippen molar-refractivity contribution in [3.05, 3.63) is 28.2 Å². The number of aromatic nitrogens is 2. The number of hydrogen-bond donors (Lipinski definition) is 1. The van der Waals surface area contributed by atoms with Crippen LogP contribution in [0.15, 0.2) is 16.9 Å². The Kier molecular flexibility index (Phi) is 9.19. The van der Waals surface area contributed by atoms with Crippen LogP contribution in [0.2, 0.25) is 0 Å². The van der Waals surface area contributed by atoms with Crippen LogP contribution in [0.1, 0.15) is 12.6 Å². The number of rotatable bonds is 4. The Morgan fingerprint density at radius 3 is 2.39 bits per heavy atom. The molecule has 0 aliphatic rings. The lowest BCUT2D eigenvalue weighted by Crippen LogP contribution is -2.20. The van der Waals surface area contributed by atoms with Crippen LogP contribution in [0.25, 0.3) is 0 Å². The van der Waals surface area contributed by atoms with E-state index in [9.17, 15) is 4.79 Å². The SMILES string of the molecule is CCc1ccc(=O)n(CS)n1.COP(=S)([S-])OC. The fourth-order valence-electron chi connectivity index (χ4n) is 0.856. The molecule has 9 heteroatoms. The van der Waals surface area contributed by atoms with E-state index in [-0.39, 0.29) is 5.56 Å². The molecule has 0 aromatic carbocycles. The van der Waals surface area contributed by atoms with Crippen LogP contribution in [0.4, 0.5) is 0 Å². The van der Waals surface area contributed by atoms with Gasteiger partial charge in [0.2, 0.25) is 0 Å². The Balaban J connectivity index is 0.000000360. The highest BCUT2D eigenvalue weighted by atomic mass is 32.9. The van der Waals surface area contributed by atoms with Crippen LogP contribution >= 0.6 is 18.3 Å². The number of hydrogen-bond acceptors (Lipinski definition) is 7. The van der Waals surface area contributed by atoms with Gasteiger partial charge in [-0.1, -0.05) is 18.7 Å². The van der Waals surface area contributed by atoms with Crippen molar-refractivity contribution in [1.82, 2.24) is 9.78 Å². The maximum absolute atomic E-state index is 11.0. The van der Waals surface area contributed by atoms with Gasteiger partial charge in [-0.2, -0.15) is 17.7 Å². The molecule has 0 radical (unpaired) electrons. The summed E-state index contributed by atoms with van der Waals surface area (Å²) in [6, 6.07) is 3.25. The molecule has 0 spiro atoms. The minimum atomic E-state index is -2.24. The summed E-state index contributed by atoms with van der Waals surface area (Å²) in [4.78, 5) is 11.0. The van der Waals surface area contributed by atoms with Crippen molar-refractivity contribution in [3.63, 3.8) is 0 Å². The highest BCUT2D eigenvalue weighted by molar-refractivity contribution is 8.51. The highest BCUT2D eigenvalue weighted by Crippen LogP contribution is 2.43. The quantitative estimate of drug-likeness (QED) is 0.516. The van der Waals surface area contributed by atoms with E-state index in [1.54, 1.807) is 6.07 Å². The number of thiol groups is 1.